The molecule has 1 saturated heterocycles. The lowest BCUT2D eigenvalue weighted by molar-refractivity contribution is -0.0461. The first-order valence-electron chi connectivity index (χ1n) is 14.3. The molecule has 1 aliphatic heterocycles. The maximum Gasteiger partial charge on any atom is 0.407 e. The number of nitrogens with zero attached hydrogens (tertiary/aromatic N) is 3. The molecular weight excluding hydrogens is 549 g/mol. The number of esters is 1. The molecule has 0 aliphatic carbocycles. The van der Waals surface area contributed by atoms with E-state index in [1.54, 1.807) is 42.3 Å². The van der Waals surface area contributed by atoms with Crippen molar-refractivity contribution in [2.45, 2.75) is 46.3 Å². The van der Waals surface area contributed by atoms with E-state index >= 15 is 4.39 Å². The molecule has 1 N–H and O–H groups in total. The topological polar surface area (TPSA) is 90.4 Å². The van der Waals surface area contributed by atoms with Crippen molar-refractivity contribution >= 4 is 18.0 Å². The summed E-state index contributed by atoms with van der Waals surface area (Å²) in [5.74, 6) is -1.16. The predicted molar refractivity (Wildman–Crippen MR) is 163 cm³/mol. The molecule has 8 nitrogen and oxygen atoms in total. The molecule has 1 aliphatic rings. The van der Waals surface area contributed by atoms with Crippen LogP contribution in [0.15, 0.2) is 66.7 Å². The molecule has 4 rings (SSSR count). The lowest BCUT2D eigenvalue weighted by Gasteiger charge is -2.54. The Balaban J connectivity index is 1.51. The Kier molecular flexibility index (Phi) is 9.25. The van der Waals surface area contributed by atoms with Gasteiger partial charge in [-0.3, -0.25) is 14.6 Å². The Morgan fingerprint density at radius 2 is 1.67 bits per heavy atom. The Morgan fingerprint density at radius 3 is 2.35 bits per heavy atom. The maximum absolute atomic E-state index is 15.1. The first-order valence-corrected chi connectivity index (χ1v) is 14.3. The second-order valence-corrected chi connectivity index (χ2v) is 12.4. The molecule has 1 fully saturated rings. The van der Waals surface area contributed by atoms with E-state index in [-0.39, 0.29) is 29.2 Å². The lowest BCUT2D eigenvalue weighted by atomic mass is 9.72. The third kappa shape index (κ3) is 6.88. The summed E-state index contributed by atoms with van der Waals surface area (Å²) in [6.45, 7) is 10.6. The molecule has 43 heavy (non-hydrogen) atoms. The Hall–Kier alpha value is -4.24. The maximum atomic E-state index is 15.1. The van der Waals surface area contributed by atoms with E-state index in [1.165, 1.54) is 24.1 Å². The highest BCUT2D eigenvalue weighted by molar-refractivity contribution is 5.97. The number of benzene rings is 3. The van der Waals surface area contributed by atoms with Gasteiger partial charge in [-0.15, -0.1) is 0 Å². The van der Waals surface area contributed by atoms with Gasteiger partial charge in [0.25, 0.3) is 5.91 Å². The highest BCUT2D eigenvalue weighted by Gasteiger charge is 2.48. The summed E-state index contributed by atoms with van der Waals surface area (Å²) in [5, 5.41) is 9.84. The van der Waals surface area contributed by atoms with Gasteiger partial charge in [0.15, 0.2) is 0 Å². The van der Waals surface area contributed by atoms with Crippen LogP contribution in [0.5, 0.6) is 0 Å². The van der Waals surface area contributed by atoms with Crippen LogP contribution in [-0.2, 0) is 17.8 Å². The van der Waals surface area contributed by atoms with E-state index in [0.29, 0.717) is 37.3 Å². The fourth-order valence-electron chi connectivity index (χ4n) is 5.62. The normalized spacial score (nSPS) is 17.4. The summed E-state index contributed by atoms with van der Waals surface area (Å²) in [6, 6.07) is 18.9. The molecule has 3 aromatic rings. The van der Waals surface area contributed by atoms with Crippen molar-refractivity contribution < 1.29 is 28.6 Å². The summed E-state index contributed by atoms with van der Waals surface area (Å²) >= 11 is 0. The molecule has 0 saturated carbocycles. The summed E-state index contributed by atoms with van der Waals surface area (Å²) in [4.78, 5) is 42.3. The van der Waals surface area contributed by atoms with Gasteiger partial charge in [-0.05, 0) is 65.4 Å². The van der Waals surface area contributed by atoms with Crippen molar-refractivity contribution in [2.24, 2.45) is 5.41 Å². The van der Waals surface area contributed by atoms with Crippen LogP contribution >= 0.6 is 0 Å². The van der Waals surface area contributed by atoms with Crippen LogP contribution in [0.25, 0.3) is 11.1 Å². The average Bonchev–Trinajstić information content (AvgIpc) is 2.96. The van der Waals surface area contributed by atoms with Crippen LogP contribution < -0.4 is 0 Å². The number of piperazine rings is 1. The standard InChI is InChI=1S/C34H40FN3O5/c1-33(2,3)34(4)22-37(15-16-38(34)32(41)42)21-23-9-7-10-25(17-23)28-18-24(13-14-29(28)35)20-36(5)30(39)26-11-8-12-27(19-26)31(40)43-6/h7-14,17-19H,15-16,20-22H2,1-6H3,(H,41,42)/t34-/m1/s1. The molecule has 0 spiro atoms. The van der Waals surface area contributed by atoms with E-state index in [0.717, 1.165) is 16.7 Å². The van der Waals surface area contributed by atoms with Crippen LogP contribution in [0, 0.1) is 11.2 Å². The van der Waals surface area contributed by atoms with Gasteiger partial charge in [0.05, 0.1) is 18.2 Å². The minimum absolute atomic E-state index is 0.244. The number of methoxy groups -OCH3 is 1. The fraction of sp³-hybridized carbons (Fsp3) is 0.382. The van der Waals surface area contributed by atoms with Gasteiger partial charge in [-0.1, -0.05) is 51.1 Å². The number of carboxylic acid groups (broad SMARTS) is 1. The minimum Gasteiger partial charge on any atom is -0.465 e. The molecule has 1 atom stereocenters. The quantitative estimate of drug-likeness (QED) is 0.333. The Morgan fingerprint density at radius 1 is 0.977 bits per heavy atom. The van der Waals surface area contributed by atoms with E-state index in [1.807, 2.05) is 31.2 Å². The van der Waals surface area contributed by atoms with Crippen molar-refractivity contribution in [3.8, 4) is 11.1 Å². The van der Waals surface area contributed by atoms with Crippen molar-refractivity contribution in [2.75, 3.05) is 33.8 Å². The van der Waals surface area contributed by atoms with Gasteiger partial charge >= 0.3 is 12.1 Å². The number of ether oxygens (including phenoxy) is 1. The summed E-state index contributed by atoms with van der Waals surface area (Å²) < 4.78 is 19.9. The first-order chi connectivity index (χ1) is 20.2. The zero-order valence-corrected chi connectivity index (χ0v) is 25.7. The molecule has 0 radical (unpaired) electrons. The SMILES string of the molecule is COC(=O)c1cccc(C(=O)N(C)Cc2ccc(F)c(-c3cccc(CN4CCN(C(=O)O)[C@@](C)(C(C)(C)C)C4)c3)c2)c1. The van der Waals surface area contributed by atoms with Gasteiger partial charge in [-0.2, -0.15) is 0 Å². The second-order valence-electron chi connectivity index (χ2n) is 12.4. The van der Waals surface area contributed by atoms with Crippen LogP contribution in [0.4, 0.5) is 9.18 Å². The third-order valence-corrected chi connectivity index (χ3v) is 8.59. The number of amides is 2. The van der Waals surface area contributed by atoms with Crippen LogP contribution in [0.1, 0.15) is 59.5 Å². The van der Waals surface area contributed by atoms with Gasteiger partial charge in [0, 0.05) is 50.9 Å². The number of carbonyl (C=O) groups excluding carboxylic acids is 2. The van der Waals surface area contributed by atoms with E-state index in [2.05, 4.69) is 25.7 Å². The van der Waals surface area contributed by atoms with Gasteiger partial charge in [0.1, 0.15) is 5.82 Å². The fourth-order valence-corrected chi connectivity index (χ4v) is 5.62. The lowest BCUT2D eigenvalue weighted by Crippen LogP contribution is -2.67. The largest absolute Gasteiger partial charge is 0.465 e. The summed E-state index contributed by atoms with van der Waals surface area (Å²) in [6.07, 6.45) is -0.906. The molecule has 9 heteroatoms. The van der Waals surface area contributed by atoms with E-state index in [4.69, 9.17) is 4.74 Å². The minimum atomic E-state index is -0.906. The van der Waals surface area contributed by atoms with Crippen molar-refractivity contribution in [3.05, 3.63) is 94.8 Å². The smallest absolute Gasteiger partial charge is 0.407 e. The third-order valence-electron chi connectivity index (χ3n) is 8.59. The highest BCUT2D eigenvalue weighted by atomic mass is 19.1. The van der Waals surface area contributed by atoms with Crippen molar-refractivity contribution in [1.29, 1.82) is 0 Å². The van der Waals surface area contributed by atoms with Gasteiger partial charge < -0.3 is 14.7 Å². The molecule has 3 aromatic carbocycles. The number of carbonyl (C=O) groups is 3. The highest BCUT2D eigenvalue weighted by Crippen LogP contribution is 2.39. The average molecular weight is 590 g/mol. The van der Waals surface area contributed by atoms with E-state index < -0.39 is 17.6 Å². The Bertz CT molecular complexity index is 1520. The monoisotopic (exact) mass is 589 g/mol. The number of halogens is 1. The number of rotatable bonds is 7. The summed E-state index contributed by atoms with van der Waals surface area (Å²) in [7, 11) is 2.95. The molecule has 2 amide bonds. The molecule has 0 aromatic heterocycles. The molecule has 1 heterocycles. The Labute approximate surface area is 252 Å². The van der Waals surface area contributed by atoms with Crippen LogP contribution in [0.3, 0.4) is 0 Å². The zero-order chi connectivity index (χ0) is 31.5. The molecule has 0 bridgehead atoms. The van der Waals surface area contributed by atoms with Gasteiger partial charge in [-0.25, -0.2) is 14.0 Å². The molecular formula is C34H40FN3O5. The van der Waals surface area contributed by atoms with Crippen molar-refractivity contribution in [1.82, 2.24) is 14.7 Å². The predicted octanol–water partition coefficient (Wildman–Crippen LogP) is 6.15. The first kappa shape index (κ1) is 31.7. The molecule has 0 unspecified atom stereocenters. The second kappa shape index (κ2) is 12.6. The number of hydrogen-bond acceptors (Lipinski definition) is 5. The van der Waals surface area contributed by atoms with Crippen molar-refractivity contribution in [3.63, 3.8) is 0 Å². The zero-order valence-electron chi connectivity index (χ0n) is 25.7. The molecule has 228 valence electrons. The van der Waals surface area contributed by atoms with E-state index in [9.17, 15) is 19.5 Å². The number of hydrogen-bond donors (Lipinski definition) is 1. The summed E-state index contributed by atoms with van der Waals surface area (Å²) in [5.41, 5.74) is 2.72. The van der Waals surface area contributed by atoms with Crippen LogP contribution in [-0.4, -0.2) is 77.1 Å². The van der Waals surface area contributed by atoms with Crippen LogP contribution in [0.2, 0.25) is 0 Å². The van der Waals surface area contributed by atoms with Gasteiger partial charge in [0.2, 0.25) is 0 Å².